The molecule has 21 heavy (non-hydrogen) atoms. The molecule has 1 aromatic carbocycles. The summed E-state index contributed by atoms with van der Waals surface area (Å²) in [6.45, 7) is 2.41. The van der Waals surface area contributed by atoms with Crippen LogP contribution in [-0.4, -0.2) is 30.4 Å². The van der Waals surface area contributed by atoms with Crippen molar-refractivity contribution < 1.29 is 4.79 Å². The zero-order chi connectivity index (χ0) is 14.7. The lowest BCUT2D eigenvalue weighted by molar-refractivity contribution is 0.0753. The van der Waals surface area contributed by atoms with Gasteiger partial charge in [-0.05, 0) is 36.8 Å². The predicted octanol–water partition coefficient (Wildman–Crippen LogP) is 4.02. The van der Waals surface area contributed by atoms with Crippen LogP contribution in [0, 0.1) is 0 Å². The number of hydrogen-bond donors (Lipinski definition) is 1. The fourth-order valence-electron chi connectivity index (χ4n) is 1.75. The number of thiophene rings is 1. The first-order valence-electron chi connectivity index (χ1n) is 6.36. The Morgan fingerprint density at radius 2 is 1.90 bits per heavy atom. The Hall–Kier alpha value is -0.880. The molecule has 2 N–H and O–H groups in total. The molecule has 3 nitrogen and oxygen atoms in total. The monoisotopic (exact) mass is 388 g/mol. The average molecular weight is 390 g/mol. The number of nitrogens with two attached hydrogens (primary N) is 1. The average Bonchev–Trinajstić information content (AvgIpc) is 2.95. The zero-order valence-electron chi connectivity index (χ0n) is 11.9. The Balaban J connectivity index is 0.00000220. The molecule has 0 aliphatic rings. The summed E-state index contributed by atoms with van der Waals surface area (Å²) in [7, 11) is 1.79. The van der Waals surface area contributed by atoms with E-state index in [1.807, 2.05) is 43.3 Å². The van der Waals surface area contributed by atoms with Crippen molar-refractivity contribution in [2.45, 2.75) is 13.0 Å². The number of carbonyl (C=O) groups is 1. The van der Waals surface area contributed by atoms with Crippen LogP contribution < -0.4 is 5.73 Å². The van der Waals surface area contributed by atoms with E-state index in [9.17, 15) is 4.79 Å². The highest BCUT2D eigenvalue weighted by Crippen LogP contribution is 2.29. The topological polar surface area (TPSA) is 46.3 Å². The predicted molar refractivity (Wildman–Crippen MR) is 95.3 cm³/mol. The SMILES string of the molecule is CC(CN)N(C)C(=O)c1ccc(-c2ccc(Br)cc2)s1.Cl. The van der Waals surface area contributed by atoms with Crippen molar-refractivity contribution in [3.05, 3.63) is 45.7 Å². The van der Waals surface area contributed by atoms with Gasteiger partial charge in [0.15, 0.2) is 0 Å². The highest BCUT2D eigenvalue weighted by Gasteiger charge is 2.18. The molecule has 2 aromatic rings. The van der Waals surface area contributed by atoms with Crippen molar-refractivity contribution in [1.29, 1.82) is 0 Å². The molecule has 0 fully saturated rings. The van der Waals surface area contributed by atoms with E-state index in [-0.39, 0.29) is 24.4 Å². The molecule has 1 amide bonds. The van der Waals surface area contributed by atoms with Gasteiger partial charge in [-0.25, -0.2) is 0 Å². The Morgan fingerprint density at radius 1 is 1.29 bits per heavy atom. The fraction of sp³-hybridized carbons (Fsp3) is 0.267. The molecule has 0 saturated carbocycles. The minimum absolute atomic E-state index is 0. The molecule has 1 aromatic heterocycles. The summed E-state index contributed by atoms with van der Waals surface area (Å²) in [6.07, 6.45) is 0. The third-order valence-electron chi connectivity index (χ3n) is 3.27. The zero-order valence-corrected chi connectivity index (χ0v) is 15.1. The molecule has 0 radical (unpaired) electrons. The summed E-state index contributed by atoms with van der Waals surface area (Å²) in [5.74, 6) is 0.0244. The van der Waals surface area contributed by atoms with E-state index in [1.54, 1.807) is 11.9 Å². The van der Waals surface area contributed by atoms with Crippen molar-refractivity contribution in [2.24, 2.45) is 5.73 Å². The summed E-state index contributed by atoms with van der Waals surface area (Å²) >= 11 is 4.93. The fourth-order valence-corrected chi connectivity index (χ4v) is 3.01. The molecule has 0 bridgehead atoms. The van der Waals surface area contributed by atoms with Crippen LogP contribution in [0.1, 0.15) is 16.6 Å². The normalized spacial score (nSPS) is 11.6. The lowest BCUT2D eigenvalue weighted by Crippen LogP contribution is -2.39. The minimum Gasteiger partial charge on any atom is -0.337 e. The van der Waals surface area contributed by atoms with Crippen LogP contribution >= 0.6 is 39.7 Å². The van der Waals surface area contributed by atoms with Crippen LogP contribution in [0.4, 0.5) is 0 Å². The molecule has 6 heteroatoms. The first-order valence-corrected chi connectivity index (χ1v) is 7.97. The van der Waals surface area contributed by atoms with Crippen molar-refractivity contribution in [2.75, 3.05) is 13.6 Å². The largest absolute Gasteiger partial charge is 0.337 e. The molecule has 0 aliphatic carbocycles. The highest BCUT2D eigenvalue weighted by atomic mass is 79.9. The Morgan fingerprint density at radius 3 is 2.48 bits per heavy atom. The van der Waals surface area contributed by atoms with Gasteiger partial charge in [0.2, 0.25) is 0 Å². The lowest BCUT2D eigenvalue weighted by atomic mass is 10.2. The summed E-state index contributed by atoms with van der Waals surface area (Å²) < 4.78 is 1.05. The van der Waals surface area contributed by atoms with Gasteiger partial charge in [-0.15, -0.1) is 23.7 Å². The Labute approximate surface area is 143 Å². The van der Waals surface area contributed by atoms with Crippen LogP contribution in [0.5, 0.6) is 0 Å². The van der Waals surface area contributed by atoms with E-state index < -0.39 is 0 Å². The third kappa shape index (κ3) is 4.30. The van der Waals surface area contributed by atoms with E-state index in [2.05, 4.69) is 15.9 Å². The van der Waals surface area contributed by atoms with E-state index in [1.165, 1.54) is 11.3 Å². The second-order valence-electron chi connectivity index (χ2n) is 4.67. The Bertz CT molecular complexity index is 600. The first kappa shape index (κ1) is 18.2. The van der Waals surface area contributed by atoms with E-state index >= 15 is 0 Å². The first-order chi connectivity index (χ1) is 9.52. The molecule has 0 saturated heterocycles. The Kier molecular flexibility index (Phi) is 6.87. The van der Waals surface area contributed by atoms with Crippen LogP contribution in [0.3, 0.4) is 0 Å². The molecule has 0 aliphatic heterocycles. The molecule has 1 unspecified atom stereocenters. The number of halogens is 2. The standard InChI is InChI=1S/C15H17BrN2OS.ClH/c1-10(9-17)18(2)15(19)14-8-7-13(20-14)11-3-5-12(16)6-4-11;/h3-8,10H,9,17H2,1-2H3;1H. The minimum atomic E-state index is 0. The quantitative estimate of drug-likeness (QED) is 0.858. The number of rotatable bonds is 4. The van der Waals surface area contributed by atoms with Crippen molar-refractivity contribution in [3.63, 3.8) is 0 Å². The molecule has 114 valence electrons. The van der Waals surface area contributed by atoms with Crippen LogP contribution in [0.15, 0.2) is 40.9 Å². The van der Waals surface area contributed by atoms with E-state index in [4.69, 9.17) is 5.73 Å². The van der Waals surface area contributed by atoms with Gasteiger partial charge in [-0.2, -0.15) is 0 Å². The smallest absolute Gasteiger partial charge is 0.263 e. The van der Waals surface area contributed by atoms with Crippen LogP contribution in [0.25, 0.3) is 10.4 Å². The number of benzene rings is 1. The number of amides is 1. The maximum absolute atomic E-state index is 12.3. The third-order valence-corrected chi connectivity index (χ3v) is 4.92. The van der Waals surface area contributed by atoms with Gasteiger partial charge in [0, 0.05) is 29.0 Å². The van der Waals surface area contributed by atoms with Gasteiger partial charge >= 0.3 is 0 Å². The summed E-state index contributed by atoms with van der Waals surface area (Å²) in [4.78, 5) is 15.8. The molecule has 1 heterocycles. The molecule has 1 atom stereocenters. The van der Waals surface area contributed by atoms with Crippen molar-refractivity contribution >= 4 is 45.6 Å². The maximum atomic E-state index is 12.3. The molecule has 2 rings (SSSR count). The number of nitrogens with zero attached hydrogens (tertiary/aromatic N) is 1. The second-order valence-corrected chi connectivity index (χ2v) is 6.67. The molecular weight excluding hydrogens is 372 g/mol. The van der Waals surface area contributed by atoms with Crippen LogP contribution in [0.2, 0.25) is 0 Å². The highest BCUT2D eigenvalue weighted by molar-refractivity contribution is 9.10. The molecular formula is C15H18BrClN2OS. The number of likely N-dealkylation sites (N-methyl/N-ethyl adjacent to an activating group) is 1. The maximum Gasteiger partial charge on any atom is 0.263 e. The summed E-state index contributed by atoms with van der Waals surface area (Å²) in [5.41, 5.74) is 6.72. The van der Waals surface area contributed by atoms with Gasteiger partial charge in [0.05, 0.1) is 4.88 Å². The summed E-state index contributed by atoms with van der Waals surface area (Å²) in [5, 5.41) is 0. The van der Waals surface area contributed by atoms with Gasteiger partial charge in [0.25, 0.3) is 5.91 Å². The lowest BCUT2D eigenvalue weighted by Gasteiger charge is -2.22. The van der Waals surface area contributed by atoms with Gasteiger partial charge < -0.3 is 10.6 Å². The van der Waals surface area contributed by atoms with Gasteiger partial charge in [0.1, 0.15) is 0 Å². The number of hydrogen-bond acceptors (Lipinski definition) is 3. The van der Waals surface area contributed by atoms with Gasteiger partial charge in [-0.1, -0.05) is 28.1 Å². The van der Waals surface area contributed by atoms with Crippen molar-refractivity contribution in [1.82, 2.24) is 4.90 Å². The molecule has 0 spiro atoms. The van der Waals surface area contributed by atoms with E-state index in [0.717, 1.165) is 19.8 Å². The van der Waals surface area contributed by atoms with Crippen LogP contribution in [-0.2, 0) is 0 Å². The second kappa shape index (κ2) is 7.94. The van der Waals surface area contributed by atoms with Crippen molar-refractivity contribution in [3.8, 4) is 10.4 Å². The van der Waals surface area contributed by atoms with E-state index in [0.29, 0.717) is 6.54 Å². The van der Waals surface area contributed by atoms with Gasteiger partial charge in [-0.3, -0.25) is 4.79 Å². The summed E-state index contributed by atoms with van der Waals surface area (Å²) in [6, 6.07) is 12.0. The number of carbonyl (C=O) groups excluding carboxylic acids is 1.